The van der Waals surface area contributed by atoms with Gasteiger partial charge >= 0.3 is 0 Å². The van der Waals surface area contributed by atoms with Crippen molar-refractivity contribution >= 4 is 17.5 Å². The van der Waals surface area contributed by atoms with Gasteiger partial charge in [-0.05, 0) is 38.1 Å². The largest absolute Gasteiger partial charge is 0.331 e. The summed E-state index contributed by atoms with van der Waals surface area (Å²) in [5, 5.41) is 2.64. The van der Waals surface area contributed by atoms with Crippen molar-refractivity contribution in [2.75, 3.05) is 18.4 Å². The highest BCUT2D eigenvalue weighted by Gasteiger charge is 2.24. The molecular formula is C15H22FN3O2. The summed E-state index contributed by atoms with van der Waals surface area (Å²) in [5.74, 6) is -1.18. The Morgan fingerprint density at radius 2 is 1.81 bits per heavy atom. The second-order valence-electron chi connectivity index (χ2n) is 5.25. The van der Waals surface area contributed by atoms with Crippen molar-refractivity contribution in [2.24, 2.45) is 11.7 Å². The van der Waals surface area contributed by atoms with Gasteiger partial charge in [0.25, 0.3) is 0 Å². The number of nitrogens with two attached hydrogens (primary N) is 1. The van der Waals surface area contributed by atoms with Gasteiger partial charge in [-0.3, -0.25) is 9.59 Å². The predicted molar refractivity (Wildman–Crippen MR) is 80.1 cm³/mol. The molecule has 0 heterocycles. The lowest BCUT2D eigenvalue weighted by molar-refractivity contribution is -0.139. The van der Waals surface area contributed by atoms with Crippen LogP contribution in [0.3, 0.4) is 0 Å². The average molecular weight is 295 g/mol. The number of carbonyl (C=O) groups excluding carboxylic acids is 2. The zero-order valence-electron chi connectivity index (χ0n) is 12.6. The number of benzene rings is 1. The van der Waals surface area contributed by atoms with Crippen LogP contribution >= 0.6 is 0 Å². The summed E-state index contributed by atoms with van der Waals surface area (Å²) >= 11 is 0. The molecule has 0 aliphatic carbocycles. The van der Waals surface area contributed by atoms with Crippen molar-refractivity contribution in [1.82, 2.24) is 4.90 Å². The molecule has 21 heavy (non-hydrogen) atoms. The van der Waals surface area contributed by atoms with Crippen molar-refractivity contribution in [3.63, 3.8) is 0 Å². The molecule has 2 amide bonds. The number of amides is 2. The van der Waals surface area contributed by atoms with Crippen LogP contribution in [0.2, 0.25) is 0 Å². The minimum atomic E-state index is -0.372. The topological polar surface area (TPSA) is 75.4 Å². The molecule has 0 aliphatic rings. The fraction of sp³-hybridized carbons (Fsp3) is 0.467. The Kier molecular flexibility index (Phi) is 6.30. The number of hydrogen-bond acceptors (Lipinski definition) is 3. The summed E-state index contributed by atoms with van der Waals surface area (Å²) < 4.78 is 12.8. The van der Waals surface area contributed by atoms with Gasteiger partial charge in [0.2, 0.25) is 11.8 Å². The van der Waals surface area contributed by atoms with Gasteiger partial charge in [-0.25, -0.2) is 4.39 Å². The van der Waals surface area contributed by atoms with E-state index in [9.17, 15) is 14.0 Å². The summed E-state index contributed by atoms with van der Waals surface area (Å²) in [6, 6.07) is 5.36. The van der Waals surface area contributed by atoms with Crippen molar-refractivity contribution in [3.05, 3.63) is 30.1 Å². The number of nitrogens with zero attached hydrogens (tertiary/aromatic N) is 1. The number of carbonyl (C=O) groups is 2. The molecule has 0 saturated heterocycles. The van der Waals surface area contributed by atoms with Gasteiger partial charge in [-0.15, -0.1) is 0 Å². The summed E-state index contributed by atoms with van der Waals surface area (Å²) in [4.78, 5) is 25.6. The second kappa shape index (κ2) is 7.73. The smallest absolute Gasteiger partial charge is 0.244 e. The lowest BCUT2D eigenvalue weighted by Gasteiger charge is -2.28. The van der Waals surface area contributed by atoms with E-state index < -0.39 is 0 Å². The number of nitrogens with one attached hydrogen (secondary N) is 1. The molecular weight excluding hydrogens is 273 g/mol. The molecule has 0 spiro atoms. The standard InChI is InChI=1S/C15H22FN3O2/c1-10(2)19(15(21)11(3)8-17)9-14(20)18-13-6-4-12(16)5-7-13/h4-7,10-11H,8-9,17H2,1-3H3,(H,18,20). The monoisotopic (exact) mass is 295 g/mol. The first-order valence-electron chi connectivity index (χ1n) is 6.91. The van der Waals surface area contributed by atoms with Crippen molar-refractivity contribution in [1.29, 1.82) is 0 Å². The molecule has 6 heteroatoms. The molecule has 1 aromatic rings. The molecule has 116 valence electrons. The van der Waals surface area contributed by atoms with Crippen LogP contribution < -0.4 is 11.1 Å². The van der Waals surface area contributed by atoms with E-state index in [-0.39, 0.29) is 42.7 Å². The lowest BCUT2D eigenvalue weighted by atomic mass is 10.1. The van der Waals surface area contributed by atoms with E-state index in [0.29, 0.717) is 5.69 Å². The van der Waals surface area contributed by atoms with Crippen LogP contribution in [0.15, 0.2) is 24.3 Å². The van der Waals surface area contributed by atoms with E-state index in [1.165, 1.54) is 29.2 Å². The van der Waals surface area contributed by atoms with E-state index in [1.54, 1.807) is 6.92 Å². The van der Waals surface area contributed by atoms with Gasteiger partial charge in [0.1, 0.15) is 12.4 Å². The molecule has 0 aromatic heterocycles. The fourth-order valence-electron chi connectivity index (χ4n) is 1.79. The van der Waals surface area contributed by atoms with Crippen molar-refractivity contribution < 1.29 is 14.0 Å². The maximum absolute atomic E-state index is 12.8. The van der Waals surface area contributed by atoms with Gasteiger partial charge in [0.15, 0.2) is 0 Å². The third-order valence-electron chi connectivity index (χ3n) is 3.12. The molecule has 0 saturated carbocycles. The normalized spacial score (nSPS) is 12.1. The Morgan fingerprint density at radius 3 is 2.29 bits per heavy atom. The second-order valence-corrected chi connectivity index (χ2v) is 5.25. The molecule has 0 bridgehead atoms. The van der Waals surface area contributed by atoms with Gasteiger partial charge in [-0.1, -0.05) is 6.92 Å². The molecule has 1 atom stereocenters. The van der Waals surface area contributed by atoms with Crippen LogP contribution in [0, 0.1) is 11.7 Å². The third kappa shape index (κ3) is 5.15. The molecule has 0 radical (unpaired) electrons. The van der Waals surface area contributed by atoms with Gasteiger partial charge in [0.05, 0.1) is 0 Å². The van der Waals surface area contributed by atoms with Crippen molar-refractivity contribution in [2.45, 2.75) is 26.8 Å². The molecule has 5 nitrogen and oxygen atoms in total. The number of halogens is 1. The predicted octanol–water partition coefficient (Wildman–Crippen LogP) is 1.60. The van der Waals surface area contributed by atoms with Crippen LogP contribution in [0.1, 0.15) is 20.8 Å². The fourth-order valence-corrected chi connectivity index (χ4v) is 1.79. The summed E-state index contributed by atoms with van der Waals surface area (Å²) in [6.45, 7) is 5.59. The molecule has 3 N–H and O–H groups in total. The maximum atomic E-state index is 12.8. The summed E-state index contributed by atoms with van der Waals surface area (Å²) in [6.07, 6.45) is 0. The Hall–Kier alpha value is -1.95. The highest BCUT2D eigenvalue weighted by Crippen LogP contribution is 2.10. The lowest BCUT2D eigenvalue weighted by Crippen LogP contribution is -2.46. The van der Waals surface area contributed by atoms with Crippen LogP contribution in [-0.2, 0) is 9.59 Å². The third-order valence-corrected chi connectivity index (χ3v) is 3.12. The van der Waals surface area contributed by atoms with Crippen LogP contribution in [0.25, 0.3) is 0 Å². The minimum absolute atomic E-state index is 0.0573. The molecule has 0 fully saturated rings. The SMILES string of the molecule is CC(CN)C(=O)N(CC(=O)Nc1ccc(F)cc1)C(C)C. The maximum Gasteiger partial charge on any atom is 0.244 e. The van der Waals surface area contributed by atoms with E-state index in [1.807, 2.05) is 13.8 Å². The van der Waals surface area contributed by atoms with Crippen LogP contribution in [0.5, 0.6) is 0 Å². The Balaban J connectivity index is 2.68. The van der Waals surface area contributed by atoms with E-state index in [2.05, 4.69) is 5.32 Å². The summed E-state index contributed by atoms with van der Waals surface area (Å²) in [5.41, 5.74) is 5.99. The van der Waals surface area contributed by atoms with Gasteiger partial charge in [0, 0.05) is 24.2 Å². The molecule has 1 rings (SSSR count). The molecule has 1 aromatic carbocycles. The van der Waals surface area contributed by atoms with E-state index >= 15 is 0 Å². The van der Waals surface area contributed by atoms with Gasteiger partial charge < -0.3 is 16.0 Å². The van der Waals surface area contributed by atoms with Crippen LogP contribution in [-0.4, -0.2) is 35.8 Å². The molecule has 1 unspecified atom stereocenters. The van der Waals surface area contributed by atoms with Gasteiger partial charge in [-0.2, -0.15) is 0 Å². The van der Waals surface area contributed by atoms with Crippen LogP contribution in [0.4, 0.5) is 10.1 Å². The number of rotatable bonds is 6. The first-order chi connectivity index (χ1) is 9.85. The zero-order chi connectivity index (χ0) is 16.0. The highest BCUT2D eigenvalue weighted by molar-refractivity contribution is 5.94. The highest BCUT2D eigenvalue weighted by atomic mass is 19.1. The number of anilines is 1. The van der Waals surface area contributed by atoms with E-state index in [4.69, 9.17) is 5.73 Å². The Labute approximate surface area is 124 Å². The van der Waals surface area contributed by atoms with E-state index in [0.717, 1.165) is 0 Å². The Morgan fingerprint density at radius 1 is 1.24 bits per heavy atom. The first kappa shape index (κ1) is 17.1. The zero-order valence-corrected chi connectivity index (χ0v) is 12.6. The molecule has 0 aliphatic heterocycles. The number of hydrogen-bond donors (Lipinski definition) is 2. The minimum Gasteiger partial charge on any atom is -0.331 e. The Bertz CT molecular complexity index is 488. The summed E-state index contributed by atoms with van der Waals surface area (Å²) in [7, 11) is 0. The average Bonchev–Trinajstić information content (AvgIpc) is 2.45. The first-order valence-corrected chi connectivity index (χ1v) is 6.91. The quantitative estimate of drug-likeness (QED) is 0.837. The van der Waals surface area contributed by atoms with Crippen molar-refractivity contribution in [3.8, 4) is 0 Å².